The summed E-state index contributed by atoms with van der Waals surface area (Å²) in [7, 11) is 3.70. The highest BCUT2D eigenvalue weighted by Gasteiger charge is 2.41. The summed E-state index contributed by atoms with van der Waals surface area (Å²) in [5.74, 6) is 1.15. The van der Waals surface area contributed by atoms with Crippen LogP contribution < -0.4 is 5.32 Å². The smallest absolute Gasteiger partial charge is 0.219 e. The minimum atomic E-state index is 0.168. The summed E-state index contributed by atoms with van der Waals surface area (Å²) in [6.07, 6.45) is 7.89. The van der Waals surface area contributed by atoms with E-state index in [-0.39, 0.29) is 11.4 Å². The lowest BCUT2D eigenvalue weighted by Crippen LogP contribution is -2.59. The van der Waals surface area contributed by atoms with Crippen molar-refractivity contribution in [3.63, 3.8) is 0 Å². The molecule has 0 radical (unpaired) electrons. The van der Waals surface area contributed by atoms with Gasteiger partial charge in [0.25, 0.3) is 0 Å². The Hall–Kier alpha value is -1.34. The van der Waals surface area contributed by atoms with Crippen molar-refractivity contribution in [1.29, 1.82) is 0 Å². The Bertz CT molecular complexity index is 516. The van der Waals surface area contributed by atoms with Crippen LogP contribution in [0.2, 0.25) is 0 Å². The zero-order valence-electron chi connectivity index (χ0n) is 17.4. The Kier molecular flexibility index (Phi) is 6.98. The third kappa shape index (κ3) is 4.74. The summed E-state index contributed by atoms with van der Waals surface area (Å²) < 4.78 is 5.56. The molecule has 0 aromatic carbocycles. The van der Waals surface area contributed by atoms with Crippen LogP contribution in [0.4, 0.5) is 0 Å². The molecule has 2 aliphatic heterocycles. The molecule has 0 aromatic rings. The van der Waals surface area contributed by atoms with E-state index in [1.54, 1.807) is 6.92 Å². The lowest BCUT2D eigenvalue weighted by atomic mass is 9.91. The predicted molar refractivity (Wildman–Crippen MR) is 108 cm³/mol. The first-order valence-corrected chi connectivity index (χ1v) is 10.6. The first-order valence-electron chi connectivity index (χ1n) is 10.6. The quantitative estimate of drug-likeness (QED) is 0.587. The second-order valence-electron chi connectivity index (χ2n) is 8.25. The zero-order chi connectivity index (χ0) is 19.3. The molecule has 3 fully saturated rings. The third-order valence-corrected chi connectivity index (χ3v) is 6.79. The molecule has 0 bridgehead atoms. The van der Waals surface area contributed by atoms with E-state index in [1.807, 2.05) is 19.1 Å². The molecule has 1 aliphatic carbocycles. The molecule has 0 aromatic heterocycles. The summed E-state index contributed by atoms with van der Waals surface area (Å²) in [5.41, 5.74) is 0.260. The van der Waals surface area contributed by atoms with E-state index in [0.717, 1.165) is 64.6 Å². The minimum Gasteiger partial charge on any atom is -0.381 e. The fourth-order valence-corrected chi connectivity index (χ4v) is 5.01. The molecule has 2 heterocycles. The highest BCUT2D eigenvalue weighted by Crippen LogP contribution is 2.36. The number of piperazine rings is 1. The Labute approximate surface area is 164 Å². The lowest BCUT2D eigenvalue weighted by Gasteiger charge is -2.46. The molecular formula is C20H37N5O2. The fraction of sp³-hybridized carbons (Fsp3) is 0.900. The van der Waals surface area contributed by atoms with Crippen LogP contribution >= 0.6 is 0 Å². The number of likely N-dealkylation sites (tertiary alicyclic amines) is 1. The summed E-state index contributed by atoms with van der Waals surface area (Å²) in [6.45, 7) is 8.16. The van der Waals surface area contributed by atoms with Crippen LogP contribution in [0.15, 0.2) is 4.99 Å². The number of piperidine rings is 1. The van der Waals surface area contributed by atoms with Crippen molar-refractivity contribution >= 4 is 11.9 Å². The summed E-state index contributed by atoms with van der Waals surface area (Å²) >= 11 is 0. The van der Waals surface area contributed by atoms with E-state index in [9.17, 15) is 4.79 Å². The van der Waals surface area contributed by atoms with Gasteiger partial charge in [-0.25, -0.2) is 0 Å². The number of rotatable bonds is 4. The van der Waals surface area contributed by atoms with Crippen molar-refractivity contribution in [2.75, 3.05) is 60.0 Å². The van der Waals surface area contributed by atoms with Gasteiger partial charge in [0.2, 0.25) is 5.91 Å². The molecular weight excluding hydrogens is 342 g/mol. The summed E-state index contributed by atoms with van der Waals surface area (Å²) in [6, 6.07) is 0. The predicted octanol–water partition coefficient (Wildman–Crippen LogP) is 1.15. The number of carbonyl (C=O) groups excluding carboxylic acids is 1. The third-order valence-electron chi connectivity index (χ3n) is 6.79. The standard InChI is InChI=1S/C20H37N5O2/c1-17(26)23-12-14-24(15-13-23)19(21-2)22-16-20(8-4-5-9-20)25-10-6-18(27-3)7-11-25/h18H,4-16H2,1-3H3,(H,21,22). The van der Waals surface area contributed by atoms with E-state index in [1.165, 1.54) is 25.7 Å². The summed E-state index contributed by atoms with van der Waals surface area (Å²) in [4.78, 5) is 23.0. The van der Waals surface area contributed by atoms with Gasteiger partial charge in [0, 0.05) is 72.4 Å². The van der Waals surface area contributed by atoms with E-state index >= 15 is 0 Å². The first kappa shape index (κ1) is 20.4. The topological polar surface area (TPSA) is 60.4 Å². The maximum absolute atomic E-state index is 11.6. The Morgan fingerprint density at radius 2 is 1.67 bits per heavy atom. The molecule has 0 spiro atoms. The van der Waals surface area contributed by atoms with E-state index in [2.05, 4.69) is 20.1 Å². The molecule has 0 atom stereocenters. The lowest BCUT2D eigenvalue weighted by molar-refractivity contribution is -0.130. The summed E-state index contributed by atoms with van der Waals surface area (Å²) in [5, 5.41) is 3.69. The van der Waals surface area contributed by atoms with Crippen molar-refractivity contribution in [3.05, 3.63) is 0 Å². The van der Waals surface area contributed by atoms with Gasteiger partial charge in [-0.2, -0.15) is 0 Å². The van der Waals surface area contributed by atoms with Crippen molar-refractivity contribution < 1.29 is 9.53 Å². The Morgan fingerprint density at radius 3 is 2.19 bits per heavy atom. The number of carbonyl (C=O) groups is 1. The SMILES string of the molecule is CN=C(NCC1(N2CCC(OC)CC2)CCCC1)N1CCN(C(C)=O)CC1. The van der Waals surface area contributed by atoms with Gasteiger partial charge in [-0.3, -0.25) is 14.7 Å². The number of guanidine groups is 1. The van der Waals surface area contributed by atoms with Crippen LogP contribution in [0.1, 0.15) is 45.4 Å². The van der Waals surface area contributed by atoms with Gasteiger partial charge >= 0.3 is 0 Å². The molecule has 27 heavy (non-hydrogen) atoms. The highest BCUT2D eigenvalue weighted by molar-refractivity contribution is 5.80. The fourth-order valence-electron chi connectivity index (χ4n) is 5.01. The van der Waals surface area contributed by atoms with Gasteiger partial charge in [-0.05, 0) is 25.7 Å². The zero-order valence-corrected chi connectivity index (χ0v) is 17.4. The highest BCUT2D eigenvalue weighted by atomic mass is 16.5. The largest absolute Gasteiger partial charge is 0.381 e. The second-order valence-corrected chi connectivity index (χ2v) is 8.25. The number of nitrogens with one attached hydrogen (secondary N) is 1. The van der Waals surface area contributed by atoms with Crippen molar-refractivity contribution in [2.45, 2.75) is 57.1 Å². The number of hydrogen-bond donors (Lipinski definition) is 1. The average Bonchev–Trinajstić information content (AvgIpc) is 3.19. The molecule has 154 valence electrons. The number of hydrogen-bond acceptors (Lipinski definition) is 4. The first-order chi connectivity index (χ1) is 13.1. The molecule has 7 heteroatoms. The number of ether oxygens (including phenoxy) is 1. The van der Waals surface area contributed by atoms with Crippen LogP contribution in [0.5, 0.6) is 0 Å². The molecule has 1 N–H and O–H groups in total. The van der Waals surface area contributed by atoms with E-state index < -0.39 is 0 Å². The van der Waals surface area contributed by atoms with Crippen LogP contribution in [-0.2, 0) is 9.53 Å². The maximum atomic E-state index is 11.6. The van der Waals surface area contributed by atoms with Crippen LogP contribution in [0.3, 0.4) is 0 Å². The molecule has 7 nitrogen and oxygen atoms in total. The monoisotopic (exact) mass is 379 g/mol. The van der Waals surface area contributed by atoms with E-state index in [4.69, 9.17) is 4.74 Å². The number of nitrogens with zero attached hydrogens (tertiary/aromatic N) is 4. The van der Waals surface area contributed by atoms with Gasteiger partial charge in [0.15, 0.2) is 5.96 Å². The molecule has 3 aliphatic rings. The molecule has 0 unspecified atom stereocenters. The maximum Gasteiger partial charge on any atom is 0.219 e. The normalized spacial score (nSPS) is 25.1. The van der Waals surface area contributed by atoms with Gasteiger partial charge in [-0.1, -0.05) is 12.8 Å². The van der Waals surface area contributed by atoms with Crippen molar-refractivity contribution in [2.24, 2.45) is 4.99 Å². The van der Waals surface area contributed by atoms with E-state index in [0.29, 0.717) is 6.10 Å². The van der Waals surface area contributed by atoms with Crippen molar-refractivity contribution in [3.8, 4) is 0 Å². The minimum absolute atomic E-state index is 0.168. The number of methoxy groups -OCH3 is 1. The van der Waals surface area contributed by atoms with Crippen molar-refractivity contribution in [1.82, 2.24) is 20.0 Å². The average molecular weight is 380 g/mol. The van der Waals surface area contributed by atoms with Crippen LogP contribution in [0, 0.1) is 0 Å². The number of aliphatic imine (C=N–C) groups is 1. The van der Waals surface area contributed by atoms with Gasteiger partial charge in [-0.15, -0.1) is 0 Å². The molecule has 1 amide bonds. The number of amides is 1. The van der Waals surface area contributed by atoms with Crippen LogP contribution in [-0.4, -0.2) is 98.2 Å². The van der Waals surface area contributed by atoms with Gasteiger partial charge in [0.1, 0.15) is 0 Å². The van der Waals surface area contributed by atoms with Gasteiger partial charge in [0.05, 0.1) is 6.10 Å². The molecule has 3 rings (SSSR count). The van der Waals surface area contributed by atoms with Crippen LogP contribution in [0.25, 0.3) is 0 Å². The molecule has 2 saturated heterocycles. The molecule has 1 saturated carbocycles. The second kappa shape index (κ2) is 9.24. The Morgan fingerprint density at radius 1 is 1.07 bits per heavy atom. The Balaban J connectivity index is 1.56. The van der Waals surface area contributed by atoms with Gasteiger partial charge < -0.3 is 19.9 Å².